The van der Waals surface area contributed by atoms with Crippen molar-refractivity contribution in [3.8, 4) is 0 Å². The van der Waals surface area contributed by atoms with Gasteiger partial charge in [0.15, 0.2) is 0 Å². The molecule has 5 nitrogen and oxygen atoms in total. The van der Waals surface area contributed by atoms with E-state index in [-0.39, 0.29) is 16.8 Å². The van der Waals surface area contributed by atoms with Gasteiger partial charge in [-0.2, -0.15) is 0 Å². The zero-order valence-electron chi connectivity index (χ0n) is 13.0. The van der Waals surface area contributed by atoms with E-state index in [2.05, 4.69) is 10.0 Å². The minimum atomic E-state index is -3.50. The molecule has 2 aromatic rings. The molecule has 2 aromatic carbocycles. The van der Waals surface area contributed by atoms with Gasteiger partial charge >= 0.3 is 0 Å². The molecule has 0 aliphatic heterocycles. The number of carbonyl (C=O) groups excluding carboxylic acids is 1. The molecule has 7 heteroatoms. The summed E-state index contributed by atoms with van der Waals surface area (Å²) in [6, 6.07) is 11.5. The monoisotopic (exact) mass is 364 g/mol. The van der Waals surface area contributed by atoms with E-state index >= 15 is 0 Å². The van der Waals surface area contributed by atoms with E-state index < -0.39 is 10.0 Å². The van der Waals surface area contributed by atoms with Gasteiger partial charge in [-0.3, -0.25) is 4.79 Å². The molecule has 0 saturated heterocycles. The summed E-state index contributed by atoms with van der Waals surface area (Å²) in [7, 11) is -2.15. The maximum absolute atomic E-state index is 12.4. The largest absolute Gasteiger partial charge is 0.345 e. The maximum Gasteiger partial charge on any atom is 0.251 e. The van der Waals surface area contributed by atoms with Crippen LogP contribution in [0, 0.1) is 0 Å². The van der Waals surface area contributed by atoms with Crippen molar-refractivity contribution in [2.75, 3.05) is 7.05 Å². The SMILES string of the molecule is CNS(=O)(=O)c1ccc(C(=O)N[C@@H]2CCc3cc(Cl)ccc32)cc1. The first kappa shape index (κ1) is 17.0. The number of hydrogen-bond acceptors (Lipinski definition) is 3. The Kier molecular flexibility index (Phi) is 4.62. The summed E-state index contributed by atoms with van der Waals surface area (Å²) in [5, 5.41) is 3.69. The molecule has 1 aliphatic carbocycles. The van der Waals surface area contributed by atoms with Gasteiger partial charge in [0.2, 0.25) is 10.0 Å². The van der Waals surface area contributed by atoms with Gasteiger partial charge in [0.25, 0.3) is 5.91 Å². The molecule has 1 aliphatic rings. The molecule has 1 atom stereocenters. The van der Waals surface area contributed by atoms with Crippen molar-refractivity contribution in [2.45, 2.75) is 23.8 Å². The molecule has 2 N–H and O–H groups in total. The first-order chi connectivity index (χ1) is 11.4. The van der Waals surface area contributed by atoms with Gasteiger partial charge in [0, 0.05) is 10.6 Å². The molecule has 24 heavy (non-hydrogen) atoms. The number of rotatable bonds is 4. The fraction of sp³-hybridized carbons (Fsp3) is 0.235. The Hall–Kier alpha value is -1.89. The van der Waals surface area contributed by atoms with Crippen molar-refractivity contribution < 1.29 is 13.2 Å². The highest BCUT2D eigenvalue weighted by Gasteiger charge is 2.24. The zero-order valence-corrected chi connectivity index (χ0v) is 14.6. The molecular weight excluding hydrogens is 348 g/mol. The van der Waals surface area contributed by atoms with Crippen LogP contribution in [0.2, 0.25) is 5.02 Å². The molecule has 0 aromatic heterocycles. The lowest BCUT2D eigenvalue weighted by Crippen LogP contribution is -2.27. The molecule has 0 fully saturated rings. The van der Waals surface area contributed by atoms with Crippen LogP contribution < -0.4 is 10.0 Å². The smallest absolute Gasteiger partial charge is 0.251 e. The van der Waals surface area contributed by atoms with Crippen molar-refractivity contribution in [3.05, 3.63) is 64.2 Å². The third-order valence-corrected chi connectivity index (χ3v) is 5.85. The summed E-state index contributed by atoms with van der Waals surface area (Å²) in [5.41, 5.74) is 2.66. The van der Waals surface area contributed by atoms with Gasteiger partial charge in [-0.05, 0) is 67.4 Å². The predicted molar refractivity (Wildman–Crippen MR) is 92.7 cm³/mol. The molecule has 0 radical (unpaired) electrons. The van der Waals surface area contributed by atoms with Gasteiger partial charge in [0.1, 0.15) is 0 Å². The summed E-state index contributed by atoms with van der Waals surface area (Å²) in [4.78, 5) is 12.5. The highest BCUT2D eigenvalue weighted by atomic mass is 35.5. The van der Waals surface area contributed by atoms with Crippen LogP contribution in [0.25, 0.3) is 0 Å². The lowest BCUT2D eigenvalue weighted by Gasteiger charge is -2.14. The van der Waals surface area contributed by atoms with Crippen molar-refractivity contribution in [1.82, 2.24) is 10.0 Å². The second-order valence-electron chi connectivity index (χ2n) is 5.64. The first-order valence-corrected chi connectivity index (χ1v) is 9.39. The van der Waals surface area contributed by atoms with Gasteiger partial charge in [0.05, 0.1) is 10.9 Å². The number of halogens is 1. The molecule has 0 bridgehead atoms. The van der Waals surface area contributed by atoms with Gasteiger partial charge < -0.3 is 5.32 Å². The van der Waals surface area contributed by atoms with Crippen LogP contribution in [-0.2, 0) is 16.4 Å². The number of sulfonamides is 1. The van der Waals surface area contributed by atoms with Crippen LogP contribution in [-0.4, -0.2) is 21.4 Å². The average molecular weight is 365 g/mol. The van der Waals surface area contributed by atoms with Crippen LogP contribution in [0.15, 0.2) is 47.4 Å². The van der Waals surface area contributed by atoms with E-state index in [9.17, 15) is 13.2 Å². The van der Waals surface area contributed by atoms with E-state index in [4.69, 9.17) is 11.6 Å². The van der Waals surface area contributed by atoms with Crippen LogP contribution in [0.1, 0.15) is 33.9 Å². The number of aryl methyl sites for hydroxylation is 1. The number of amides is 1. The van der Waals surface area contributed by atoms with Gasteiger partial charge in [-0.25, -0.2) is 13.1 Å². The number of nitrogens with one attached hydrogen (secondary N) is 2. The Balaban J connectivity index is 1.75. The van der Waals surface area contributed by atoms with E-state index in [0.717, 1.165) is 24.0 Å². The Bertz CT molecular complexity index is 879. The van der Waals surface area contributed by atoms with Crippen LogP contribution in [0.4, 0.5) is 0 Å². The third-order valence-electron chi connectivity index (χ3n) is 4.18. The molecule has 1 amide bonds. The number of hydrogen-bond donors (Lipinski definition) is 2. The minimum absolute atomic E-state index is 0.0505. The topological polar surface area (TPSA) is 75.3 Å². The van der Waals surface area contributed by atoms with Crippen LogP contribution in [0.5, 0.6) is 0 Å². The summed E-state index contributed by atoms with van der Waals surface area (Å²) in [5.74, 6) is -0.226. The number of benzene rings is 2. The van der Waals surface area contributed by atoms with E-state index in [0.29, 0.717) is 10.6 Å². The number of fused-ring (bicyclic) bond motifs is 1. The van der Waals surface area contributed by atoms with E-state index in [1.165, 1.54) is 31.3 Å². The fourth-order valence-corrected chi connectivity index (χ4v) is 3.81. The van der Waals surface area contributed by atoms with E-state index in [1.807, 2.05) is 18.2 Å². The standard InChI is InChI=1S/C17H17ClN2O3S/c1-19-24(22,23)14-6-2-11(3-7-14)17(21)20-16-9-4-12-10-13(18)5-8-15(12)16/h2-3,5-8,10,16,19H,4,9H2,1H3,(H,20,21)/t16-/m1/s1. The van der Waals surface area contributed by atoms with Crippen LogP contribution >= 0.6 is 11.6 Å². The number of carbonyl (C=O) groups is 1. The Morgan fingerprint density at radius 3 is 2.54 bits per heavy atom. The molecule has 0 heterocycles. The van der Waals surface area contributed by atoms with Crippen molar-refractivity contribution in [2.24, 2.45) is 0 Å². The Morgan fingerprint density at radius 2 is 1.88 bits per heavy atom. The molecule has 0 spiro atoms. The first-order valence-electron chi connectivity index (χ1n) is 7.53. The highest BCUT2D eigenvalue weighted by molar-refractivity contribution is 7.89. The summed E-state index contributed by atoms with van der Waals surface area (Å²) in [6.07, 6.45) is 1.70. The van der Waals surface area contributed by atoms with E-state index in [1.54, 1.807) is 0 Å². The third kappa shape index (κ3) is 3.31. The van der Waals surface area contributed by atoms with Crippen LogP contribution in [0.3, 0.4) is 0 Å². The van der Waals surface area contributed by atoms with Crippen molar-refractivity contribution >= 4 is 27.5 Å². The minimum Gasteiger partial charge on any atom is -0.345 e. The predicted octanol–water partition coefficient (Wildman–Crippen LogP) is 2.67. The fourth-order valence-electron chi connectivity index (χ4n) is 2.88. The Morgan fingerprint density at radius 1 is 1.17 bits per heavy atom. The lowest BCUT2D eigenvalue weighted by molar-refractivity contribution is 0.0936. The normalized spacial score (nSPS) is 16.7. The molecule has 0 saturated carbocycles. The Labute approximate surface area is 146 Å². The second kappa shape index (κ2) is 6.55. The molecule has 3 rings (SSSR count). The van der Waals surface area contributed by atoms with Crippen molar-refractivity contribution in [1.29, 1.82) is 0 Å². The van der Waals surface area contributed by atoms with Crippen molar-refractivity contribution in [3.63, 3.8) is 0 Å². The zero-order chi connectivity index (χ0) is 17.3. The van der Waals surface area contributed by atoms with Gasteiger partial charge in [-0.15, -0.1) is 0 Å². The second-order valence-corrected chi connectivity index (χ2v) is 7.96. The van der Waals surface area contributed by atoms with Gasteiger partial charge in [-0.1, -0.05) is 17.7 Å². The maximum atomic E-state index is 12.4. The highest BCUT2D eigenvalue weighted by Crippen LogP contribution is 2.33. The molecule has 0 unspecified atom stereocenters. The molecular formula is C17H17ClN2O3S. The lowest BCUT2D eigenvalue weighted by atomic mass is 10.1. The summed E-state index contributed by atoms with van der Waals surface area (Å²) < 4.78 is 25.6. The summed E-state index contributed by atoms with van der Waals surface area (Å²) >= 11 is 5.99. The molecule has 126 valence electrons. The average Bonchev–Trinajstić information content (AvgIpc) is 2.96. The quantitative estimate of drug-likeness (QED) is 0.875. The summed E-state index contributed by atoms with van der Waals surface area (Å²) in [6.45, 7) is 0.